The van der Waals surface area contributed by atoms with E-state index in [1.54, 1.807) is 0 Å². The quantitative estimate of drug-likeness (QED) is 0.0968. The number of amides is 1. The third-order valence-corrected chi connectivity index (χ3v) is 6.52. The molecule has 3 rings (SSSR count). The molecule has 0 saturated carbocycles. The number of phenolic OH excluding ortho intramolecular Hbond substituents is 2. The number of nitrogens with zero attached hydrogens (tertiary/aromatic N) is 1. The maximum absolute atomic E-state index is 13.6. The maximum Gasteiger partial charge on any atom is 0.524 e. The molecule has 0 aromatic heterocycles. The first-order chi connectivity index (χ1) is 17.9. The fourth-order valence-corrected chi connectivity index (χ4v) is 4.54. The molecule has 2 aromatic rings. The molecule has 0 unspecified atom stereocenters. The van der Waals surface area contributed by atoms with E-state index in [1.807, 2.05) is 13.0 Å². The van der Waals surface area contributed by atoms with E-state index in [-0.39, 0.29) is 46.4 Å². The van der Waals surface area contributed by atoms with Crippen molar-refractivity contribution in [3.05, 3.63) is 70.8 Å². The number of phenols is 2. The molecule has 0 bridgehead atoms. The van der Waals surface area contributed by atoms with Crippen molar-refractivity contribution >= 4 is 30.8 Å². The second-order valence-electron chi connectivity index (χ2n) is 9.62. The summed E-state index contributed by atoms with van der Waals surface area (Å²) in [6, 6.07) is 6.70. The Hall–Kier alpha value is -3.52. The first-order valence-electron chi connectivity index (χ1n) is 12.3. The predicted molar refractivity (Wildman–Crippen MR) is 149 cm³/mol. The molecule has 0 saturated heterocycles. The van der Waals surface area contributed by atoms with Crippen LogP contribution in [0.15, 0.2) is 65.3 Å². The van der Waals surface area contributed by atoms with Crippen LogP contribution in [0.25, 0.3) is 0 Å². The lowest BCUT2D eigenvalue weighted by Crippen LogP contribution is -2.30. The molecule has 0 aliphatic carbocycles. The number of fused-ring (bicyclic) bond motifs is 2. The summed E-state index contributed by atoms with van der Waals surface area (Å²) in [4.78, 5) is 33.7. The molecule has 0 fully saturated rings. The van der Waals surface area contributed by atoms with E-state index in [2.05, 4.69) is 38.2 Å². The van der Waals surface area contributed by atoms with Crippen molar-refractivity contribution in [2.24, 2.45) is 0 Å². The minimum absolute atomic E-state index is 0.00000891. The minimum Gasteiger partial charge on any atom is -0.508 e. The molecule has 2 aromatic carbocycles. The molecular formula is C28H35N2O7P. The largest absolute Gasteiger partial charge is 0.524 e. The number of rotatable bonds is 10. The van der Waals surface area contributed by atoms with Crippen LogP contribution in [0.1, 0.15) is 63.7 Å². The fourth-order valence-electron chi connectivity index (χ4n) is 4.13. The van der Waals surface area contributed by atoms with E-state index in [4.69, 9.17) is 4.52 Å². The Bertz CT molecular complexity index is 1340. The highest BCUT2D eigenvalue weighted by molar-refractivity contribution is 7.46. The molecule has 38 heavy (non-hydrogen) atoms. The van der Waals surface area contributed by atoms with Gasteiger partial charge in [-0.05, 0) is 65.5 Å². The summed E-state index contributed by atoms with van der Waals surface area (Å²) in [5, 5.41) is 23.6. The van der Waals surface area contributed by atoms with Gasteiger partial charge >= 0.3 is 7.82 Å². The van der Waals surface area contributed by atoms with Gasteiger partial charge in [-0.15, -0.1) is 0 Å². The Morgan fingerprint density at radius 2 is 1.63 bits per heavy atom. The van der Waals surface area contributed by atoms with Gasteiger partial charge in [0.05, 0.1) is 16.9 Å². The third kappa shape index (κ3) is 7.74. The number of hydrogen-bond acceptors (Lipinski definition) is 6. The van der Waals surface area contributed by atoms with Gasteiger partial charge in [-0.2, -0.15) is 0 Å². The smallest absolute Gasteiger partial charge is 0.508 e. The highest BCUT2D eigenvalue weighted by Gasteiger charge is 2.31. The Kier molecular flexibility index (Phi) is 9.44. The number of para-hydroxylation sites is 1. The lowest BCUT2D eigenvalue weighted by atomic mass is 10.1. The van der Waals surface area contributed by atoms with Crippen molar-refractivity contribution in [1.29, 1.82) is 0 Å². The van der Waals surface area contributed by atoms with Crippen molar-refractivity contribution in [2.45, 2.75) is 53.4 Å². The molecule has 0 radical (unpaired) electrons. The van der Waals surface area contributed by atoms with E-state index in [0.29, 0.717) is 0 Å². The molecule has 10 heteroatoms. The van der Waals surface area contributed by atoms with Crippen LogP contribution in [-0.4, -0.2) is 32.5 Å². The van der Waals surface area contributed by atoms with E-state index in [1.165, 1.54) is 40.3 Å². The van der Waals surface area contributed by atoms with Crippen molar-refractivity contribution in [3.8, 4) is 17.2 Å². The Morgan fingerprint density at radius 1 is 0.974 bits per heavy atom. The van der Waals surface area contributed by atoms with Crippen molar-refractivity contribution < 1.29 is 33.9 Å². The summed E-state index contributed by atoms with van der Waals surface area (Å²) in [5.41, 5.74) is 4.10. The summed E-state index contributed by atoms with van der Waals surface area (Å²) in [5.74, 6) is -1.33. The second-order valence-corrected chi connectivity index (χ2v) is 10.8. The SMILES string of the molecule is CC(C)=CCC/C(C)=C/CC/C(C)=C/CN1C(=O)c2cccc(OP(=O)(O)O)c2Nc2c(O)cc(O)cc21. The average Bonchev–Trinajstić information content (AvgIpc) is 2.92. The number of carbonyl (C=O) groups excluding carboxylic acids is 1. The molecule has 9 nitrogen and oxygen atoms in total. The highest BCUT2D eigenvalue weighted by Crippen LogP contribution is 2.48. The van der Waals surface area contributed by atoms with Gasteiger partial charge in [0.15, 0.2) is 5.75 Å². The second kappa shape index (κ2) is 12.3. The van der Waals surface area contributed by atoms with E-state index >= 15 is 0 Å². The molecule has 1 amide bonds. The predicted octanol–water partition coefficient (Wildman–Crippen LogP) is 6.69. The van der Waals surface area contributed by atoms with Gasteiger partial charge in [0, 0.05) is 18.7 Å². The third-order valence-electron chi connectivity index (χ3n) is 6.09. The molecule has 1 aliphatic heterocycles. The molecular weight excluding hydrogens is 507 g/mol. The fraction of sp³-hybridized carbons (Fsp3) is 0.321. The summed E-state index contributed by atoms with van der Waals surface area (Å²) in [7, 11) is -4.93. The normalized spacial score (nSPS) is 13.8. The van der Waals surface area contributed by atoms with Crippen molar-refractivity contribution in [3.63, 3.8) is 0 Å². The number of allylic oxidation sites excluding steroid dienone is 5. The maximum atomic E-state index is 13.6. The summed E-state index contributed by atoms with van der Waals surface area (Å²) < 4.78 is 16.3. The van der Waals surface area contributed by atoms with Crippen molar-refractivity contribution in [2.75, 3.05) is 16.8 Å². The van der Waals surface area contributed by atoms with Crippen LogP contribution in [0, 0.1) is 0 Å². The zero-order valence-corrected chi connectivity index (χ0v) is 23.0. The molecule has 204 valence electrons. The zero-order valence-electron chi connectivity index (χ0n) is 22.1. The van der Waals surface area contributed by atoms with Gasteiger partial charge < -0.3 is 25.0 Å². The average molecular weight is 543 g/mol. The summed E-state index contributed by atoms with van der Waals surface area (Å²) >= 11 is 0. The van der Waals surface area contributed by atoms with Gasteiger partial charge in [-0.1, -0.05) is 41.0 Å². The Morgan fingerprint density at radius 3 is 2.29 bits per heavy atom. The van der Waals surface area contributed by atoms with Gasteiger partial charge in [-0.3, -0.25) is 14.6 Å². The van der Waals surface area contributed by atoms with Gasteiger partial charge in [0.25, 0.3) is 5.91 Å². The van der Waals surface area contributed by atoms with Gasteiger partial charge in [0.2, 0.25) is 0 Å². The summed E-state index contributed by atoms with van der Waals surface area (Å²) in [6.45, 7) is 8.43. The van der Waals surface area contributed by atoms with Crippen molar-refractivity contribution in [1.82, 2.24) is 0 Å². The van der Waals surface area contributed by atoms with Gasteiger partial charge in [-0.25, -0.2) is 4.57 Å². The number of aromatic hydroxyl groups is 2. The topological polar surface area (TPSA) is 140 Å². The summed E-state index contributed by atoms with van der Waals surface area (Å²) in [6.07, 6.45) is 10.1. The minimum atomic E-state index is -4.93. The van der Waals surface area contributed by atoms with Crippen LogP contribution in [0.5, 0.6) is 17.2 Å². The number of anilines is 3. The highest BCUT2D eigenvalue weighted by atomic mass is 31.2. The number of phosphoric ester groups is 1. The van der Waals surface area contributed by atoms with Crippen LogP contribution in [0.2, 0.25) is 0 Å². The lowest BCUT2D eigenvalue weighted by Gasteiger charge is -2.22. The van der Waals surface area contributed by atoms with Crippen LogP contribution < -0.4 is 14.7 Å². The van der Waals surface area contributed by atoms with E-state index in [9.17, 15) is 29.4 Å². The first-order valence-corrected chi connectivity index (χ1v) is 13.9. The number of nitrogens with one attached hydrogen (secondary N) is 1. The lowest BCUT2D eigenvalue weighted by molar-refractivity contribution is 0.0990. The number of phosphoric acid groups is 1. The van der Waals surface area contributed by atoms with Gasteiger partial charge in [0.1, 0.15) is 17.2 Å². The number of benzene rings is 2. The molecule has 0 spiro atoms. The van der Waals surface area contributed by atoms with Crippen LogP contribution in [0.4, 0.5) is 17.1 Å². The van der Waals surface area contributed by atoms with Crippen LogP contribution >= 0.6 is 7.82 Å². The standard InChI is InChI=1S/C28H35N2O7P/c1-18(2)8-5-9-19(3)10-6-11-20(4)14-15-30-23-16-21(31)17-24(32)27(23)29-26-22(28(30)33)12-7-13-25(26)37-38(34,35)36/h7-8,10,12-14,16-17,29,31-32H,5-6,9,11,15H2,1-4H3,(H2,34,35,36)/b19-10+,20-14+. The first kappa shape index (κ1) is 29.0. The number of carbonyl (C=O) groups is 1. The van der Waals surface area contributed by atoms with Crippen LogP contribution in [0.3, 0.4) is 0 Å². The Labute approximate surface area is 223 Å². The van der Waals surface area contributed by atoms with E-state index in [0.717, 1.165) is 37.3 Å². The van der Waals surface area contributed by atoms with Crippen LogP contribution in [-0.2, 0) is 4.57 Å². The monoisotopic (exact) mass is 542 g/mol. The Balaban J connectivity index is 1.88. The molecule has 1 aliphatic rings. The molecule has 5 N–H and O–H groups in total. The zero-order chi connectivity index (χ0) is 28.0. The number of hydrogen-bond donors (Lipinski definition) is 5. The molecule has 1 heterocycles. The van der Waals surface area contributed by atoms with E-state index < -0.39 is 13.7 Å². The molecule has 0 atom stereocenters.